The topological polar surface area (TPSA) is 69.6 Å². The van der Waals surface area contributed by atoms with Crippen LogP contribution in [0.1, 0.15) is 34.1 Å². The average molecular weight is 258 g/mol. The molecule has 5 nitrogen and oxygen atoms in total. The van der Waals surface area contributed by atoms with Crippen LogP contribution in [0.25, 0.3) is 0 Å². The smallest absolute Gasteiger partial charge is 0.209 e. The van der Waals surface area contributed by atoms with Crippen LogP contribution in [0.2, 0.25) is 0 Å². The molecule has 0 radical (unpaired) electrons. The summed E-state index contributed by atoms with van der Waals surface area (Å²) >= 11 is 0. The van der Waals surface area contributed by atoms with E-state index < -0.39 is 6.10 Å². The van der Waals surface area contributed by atoms with Crippen molar-refractivity contribution in [3.63, 3.8) is 0 Å². The first-order valence-corrected chi connectivity index (χ1v) is 6.47. The number of aliphatic hydroxyl groups excluding tert-OH is 1. The van der Waals surface area contributed by atoms with Gasteiger partial charge in [-0.2, -0.15) is 0 Å². The van der Waals surface area contributed by atoms with E-state index in [-0.39, 0.29) is 12.6 Å². The van der Waals surface area contributed by atoms with E-state index in [0.29, 0.717) is 31.2 Å². The van der Waals surface area contributed by atoms with Crippen molar-refractivity contribution in [2.45, 2.75) is 46.3 Å². The molecule has 0 bridgehead atoms. The molecule has 106 valence electrons. The summed E-state index contributed by atoms with van der Waals surface area (Å²) < 4.78 is 0. The summed E-state index contributed by atoms with van der Waals surface area (Å²) in [5.74, 6) is 0.719. The van der Waals surface area contributed by atoms with Crippen LogP contribution in [0.15, 0.2) is 0 Å². The van der Waals surface area contributed by atoms with Crippen LogP contribution in [0.4, 0.5) is 0 Å². The molecule has 0 aromatic rings. The van der Waals surface area contributed by atoms with Gasteiger partial charge in [-0.1, -0.05) is 27.7 Å². The van der Waals surface area contributed by atoms with E-state index in [1.807, 2.05) is 27.7 Å². The maximum absolute atomic E-state index is 10.9. The molecule has 0 aliphatic heterocycles. The Labute approximate surface area is 110 Å². The molecule has 18 heavy (non-hydrogen) atoms. The number of aliphatic hydroxyl groups is 1. The fourth-order valence-electron chi connectivity index (χ4n) is 1.93. The monoisotopic (exact) mass is 258 g/mol. The third-order valence-corrected chi connectivity index (χ3v) is 2.64. The van der Waals surface area contributed by atoms with Gasteiger partial charge in [-0.3, -0.25) is 9.59 Å². The van der Waals surface area contributed by atoms with Crippen LogP contribution in [0.5, 0.6) is 0 Å². The molecule has 0 aromatic carbocycles. The zero-order chi connectivity index (χ0) is 14.1. The first kappa shape index (κ1) is 16.9. The Morgan fingerprint density at radius 1 is 1.11 bits per heavy atom. The number of carbonyl (C=O) groups is 2. The van der Waals surface area contributed by atoms with Crippen LogP contribution in [0.3, 0.4) is 0 Å². The SMILES string of the molecule is CC(C)CC(NC=O)C(O)CN(C=O)CC(C)C. The third kappa shape index (κ3) is 7.27. The zero-order valence-electron chi connectivity index (χ0n) is 11.8. The predicted molar refractivity (Wildman–Crippen MR) is 70.9 cm³/mol. The Morgan fingerprint density at radius 3 is 2.11 bits per heavy atom. The maximum Gasteiger partial charge on any atom is 0.209 e. The molecule has 0 saturated carbocycles. The molecule has 2 unspecified atom stereocenters. The molecule has 5 heteroatoms. The molecule has 0 rings (SSSR count). The van der Waals surface area contributed by atoms with Crippen LogP contribution in [-0.4, -0.2) is 48.1 Å². The second-order valence-electron chi connectivity index (χ2n) is 5.54. The minimum atomic E-state index is -0.735. The lowest BCUT2D eigenvalue weighted by Crippen LogP contribution is -2.46. The van der Waals surface area contributed by atoms with Gasteiger partial charge in [0.2, 0.25) is 12.8 Å². The molecule has 0 heterocycles. The van der Waals surface area contributed by atoms with Crippen LogP contribution >= 0.6 is 0 Å². The standard InChI is InChI=1S/C13H26N2O3/c1-10(2)5-12(14-8-16)13(18)7-15(9-17)6-11(3)4/h8-13,18H,5-7H2,1-4H3,(H,14,16). The van der Waals surface area contributed by atoms with Crippen molar-refractivity contribution in [3.05, 3.63) is 0 Å². The van der Waals surface area contributed by atoms with Crippen molar-refractivity contribution < 1.29 is 14.7 Å². The fraction of sp³-hybridized carbons (Fsp3) is 0.846. The summed E-state index contributed by atoms with van der Waals surface area (Å²) in [4.78, 5) is 23.0. The minimum Gasteiger partial charge on any atom is -0.389 e. The fourth-order valence-corrected chi connectivity index (χ4v) is 1.93. The number of rotatable bonds is 10. The molecular formula is C13H26N2O3. The van der Waals surface area contributed by atoms with Gasteiger partial charge in [0.05, 0.1) is 12.1 Å². The molecule has 2 atom stereocenters. The van der Waals surface area contributed by atoms with Gasteiger partial charge >= 0.3 is 0 Å². The van der Waals surface area contributed by atoms with Crippen molar-refractivity contribution in [2.75, 3.05) is 13.1 Å². The molecule has 0 aliphatic carbocycles. The van der Waals surface area contributed by atoms with Crippen molar-refractivity contribution in [1.29, 1.82) is 0 Å². The molecular weight excluding hydrogens is 232 g/mol. The molecule has 2 amide bonds. The number of nitrogens with one attached hydrogen (secondary N) is 1. The highest BCUT2D eigenvalue weighted by Crippen LogP contribution is 2.09. The van der Waals surface area contributed by atoms with Crippen LogP contribution < -0.4 is 5.32 Å². The second kappa shape index (κ2) is 8.91. The zero-order valence-corrected chi connectivity index (χ0v) is 11.8. The summed E-state index contributed by atoms with van der Waals surface area (Å²) in [6, 6.07) is -0.308. The van der Waals surface area contributed by atoms with Gasteiger partial charge in [0.15, 0.2) is 0 Å². The first-order valence-electron chi connectivity index (χ1n) is 6.47. The Balaban J connectivity index is 4.40. The number of carbonyl (C=O) groups excluding carboxylic acids is 2. The largest absolute Gasteiger partial charge is 0.389 e. The van der Waals surface area contributed by atoms with Gasteiger partial charge < -0.3 is 15.3 Å². The summed E-state index contributed by atoms with van der Waals surface area (Å²) in [5.41, 5.74) is 0. The van der Waals surface area contributed by atoms with Gasteiger partial charge in [0.25, 0.3) is 0 Å². The van der Waals surface area contributed by atoms with Gasteiger partial charge in [-0.15, -0.1) is 0 Å². The maximum atomic E-state index is 10.9. The molecule has 0 fully saturated rings. The molecule has 0 aliphatic rings. The Hall–Kier alpha value is -1.10. The van der Waals surface area contributed by atoms with Gasteiger partial charge in [0.1, 0.15) is 0 Å². The lowest BCUT2D eigenvalue weighted by Gasteiger charge is -2.28. The summed E-state index contributed by atoms with van der Waals surface area (Å²) in [6.45, 7) is 8.93. The Bertz CT molecular complexity index is 244. The van der Waals surface area contributed by atoms with Crippen molar-refractivity contribution >= 4 is 12.8 Å². The van der Waals surface area contributed by atoms with Crippen LogP contribution in [0, 0.1) is 11.8 Å². The molecule has 0 saturated heterocycles. The van der Waals surface area contributed by atoms with Gasteiger partial charge in [-0.05, 0) is 18.3 Å². The van der Waals surface area contributed by atoms with E-state index in [1.165, 1.54) is 0 Å². The quantitative estimate of drug-likeness (QED) is 0.564. The first-order chi connectivity index (χ1) is 8.40. The predicted octanol–water partition coefficient (Wildman–Crippen LogP) is 0.622. The third-order valence-electron chi connectivity index (χ3n) is 2.64. The second-order valence-corrected chi connectivity index (χ2v) is 5.54. The van der Waals surface area contributed by atoms with E-state index in [4.69, 9.17) is 0 Å². The molecule has 0 aromatic heterocycles. The van der Waals surface area contributed by atoms with Gasteiger partial charge in [0, 0.05) is 13.1 Å². The number of amides is 2. The molecule has 0 spiro atoms. The lowest BCUT2D eigenvalue weighted by molar-refractivity contribution is -0.120. The van der Waals surface area contributed by atoms with E-state index in [9.17, 15) is 14.7 Å². The summed E-state index contributed by atoms with van der Waals surface area (Å²) in [6.07, 6.45) is 1.30. The number of nitrogens with zero attached hydrogens (tertiary/aromatic N) is 1. The lowest BCUT2D eigenvalue weighted by atomic mass is 9.99. The van der Waals surface area contributed by atoms with Crippen molar-refractivity contribution in [2.24, 2.45) is 11.8 Å². The average Bonchev–Trinajstić information content (AvgIpc) is 2.26. The van der Waals surface area contributed by atoms with Gasteiger partial charge in [-0.25, -0.2) is 0 Å². The van der Waals surface area contributed by atoms with E-state index in [2.05, 4.69) is 5.32 Å². The number of hydrogen-bond donors (Lipinski definition) is 2. The summed E-state index contributed by atoms with van der Waals surface area (Å²) in [5, 5.41) is 12.7. The highest BCUT2D eigenvalue weighted by atomic mass is 16.3. The van der Waals surface area contributed by atoms with E-state index in [1.54, 1.807) is 4.90 Å². The van der Waals surface area contributed by atoms with E-state index in [0.717, 1.165) is 6.41 Å². The Kier molecular flexibility index (Phi) is 8.37. The minimum absolute atomic E-state index is 0.250. The summed E-state index contributed by atoms with van der Waals surface area (Å²) in [7, 11) is 0. The van der Waals surface area contributed by atoms with E-state index >= 15 is 0 Å². The molecule has 2 N–H and O–H groups in total. The number of hydrogen-bond acceptors (Lipinski definition) is 3. The highest BCUT2D eigenvalue weighted by Gasteiger charge is 2.22. The normalized spacial score (nSPS) is 14.4. The Morgan fingerprint density at radius 2 is 1.72 bits per heavy atom. The van der Waals surface area contributed by atoms with Crippen molar-refractivity contribution in [1.82, 2.24) is 10.2 Å². The van der Waals surface area contributed by atoms with Crippen LogP contribution in [-0.2, 0) is 9.59 Å². The highest BCUT2D eigenvalue weighted by molar-refractivity contribution is 5.48. The van der Waals surface area contributed by atoms with Crippen molar-refractivity contribution in [3.8, 4) is 0 Å².